The molecule has 0 aliphatic carbocycles. The highest BCUT2D eigenvalue weighted by Crippen LogP contribution is 2.14. The zero-order valence-corrected chi connectivity index (χ0v) is 8.51. The summed E-state index contributed by atoms with van der Waals surface area (Å²) in [7, 11) is 1.95. The first kappa shape index (κ1) is 10.2. The standard InChI is InChI=1S/C10H12ClNO/c1-4-8(2)12(3)7-9-5-6-10(11)13-9/h1,5-6,8H,7H2,2-3H3. The lowest BCUT2D eigenvalue weighted by molar-refractivity contribution is 0.270. The van der Waals surface area contributed by atoms with Gasteiger partial charge in [0.1, 0.15) is 5.76 Å². The Bertz CT molecular complexity index is 313. The molecule has 1 atom stereocenters. The zero-order valence-electron chi connectivity index (χ0n) is 7.75. The summed E-state index contributed by atoms with van der Waals surface area (Å²) in [6.07, 6.45) is 5.28. The number of terminal acetylenes is 1. The Kier molecular flexibility index (Phi) is 3.41. The molecular weight excluding hydrogens is 186 g/mol. The Labute approximate surface area is 83.5 Å². The molecule has 0 fully saturated rings. The summed E-state index contributed by atoms with van der Waals surface area (Å²) in [6.45, 7) is 2.64. The van der Waals surface area contributed by atoms with E-state index in [2.05, 4.69) is 5.92 Å². The van der Waals surface area contributed by atoms with Gasteiger partial charge >= 0.3 is 0 Å². The first-order chi connectivity index (χ1) is 6.13. The van der Waals surface area contributed by atoms with E-state index in [1.807, 2.05) is 24.9 Å². The van der Waals surface area contributed by atoms with Crippen LogP contribution in [0.2, 0.25) is 5.22 Å². The van der Waals surface area contributed by atoms with Crippen LogP contribution in [0, 0.1) is 12.3 Å². The lowest BCUT2D eigenvalue weighted by atomic mass is 10.3. The number of hydrogen-bond donors (Lipinski definition) is 0. The minimum atomic E-state index is 0.101. The van der Waals surface area contributed by atoms with E-state index < -0.39 is 0 Å². The predicted molar refractivity (Wildman–Crippen MR) is 53.5 cm³/mol. The lowest BCUT2D eigenvalue weighted by Crippen LogP contribution is -2.26. The number of rotatable bonds is 3. The normalized spacial score (nSPS) is 12.8. The predicted octanol–water partition coefficient (Wildman–Crippen LogP) is 2.39. The van der Waals surface area contributed by atoms with Crippen LogP contribution in [0.4, 0.5) is 0 Å². The average molecular weight is 198 g/mol. The molecule has 0 aromatic carbocycles. The summed E-state index contributed by atoms with van der Waals surface area (Å²) in [5.41, 5.74) is 0. The summed E-state index contributed by atoms with van der Waals surface area (Å²) in [6, 6.07) is 3.68. The Balaban J connectivity index is 2.55. The molecule has 0 saturated heterocycles. The van der Waals surface area contributed by atoms with Crippen molar-refractivity contribution in [2.24, 2.45) is 0 Å². The summed E-state index contributed by atoms with van der Waals surface area (Å²) < 4.78 is 5.20. The number of halogens is 1. The van der Waals surface area contributed by atoms with E-state index in [0.29, 0.717) is 11.8 Å². The van der Waals surface area contributed by atoms with Gasteiger partial charge in [0.25, 0.3) is 0 Å². The Morgan fingerprint density at radius 1 is 1.69 bits per heavy atom. The van der Waals surface area contributed by atoms with Crippen molar-refractivity contribution in [3.8, 4) is 12.3 Å². The zero-order chi connectivity index (χ0) is 9.84. The molecule has 0 spiro atoms. The Hall–Kier alpha value is -0.910. The van der Waals surface area contributed by atoms with Gasteiger partial charge in [-0.3, -0.25) is 4.90 Å². The van der Waals surface area contributed by atoms with Crippen LogP contribution in [0.25, 0.3) is 0 Å². The van der Waals surface area contributed by atoms with Gasteiger partial charge in [-0.2, -0.15) is 0 Å². The topological polar surface area (TPSA) is 16.4 Å². The van der Waals surface area contributed by atoms with Gasteiger partial charge in [-0.05, 0) is 37.7 Å². The van der Waals surface area contributed by atoms with Crippen molar-refractivity contribution in [2.75, 3.05) is 7.05 Å². The van der Waals surface area contributed by atoms with E-state index in [1.165, 1.54) is 0 Å². The third kappa shape index (κ3) is 2.80. The van der Waals surface area contributed by atoms with Gasteiger partial charge in [0.05, 0.1) is 12.6 Å². The van der Waals surface area contributed by atoms with Gasteiger partial charge in [0, 0.05) is 0 Å². The maximum absolute atomic E-state index is 5.63. The maximum atomic E-state index is 5.63. The molecule has 3 heteroatoms. The van der Waals surface area contributed by atoms with Crippen LogP contribution in [0.15, 0.2) is 16.5 Å². The molecule has 13 heavy (non-hydrogen) atoms. The minimum Gasteiger partial charge on any atom is -0.448 e. The van der Waals surface area contributed by atoms with Crippen molar-refractivity contribution >= 4 is 11.6 Å². The lowest BCUT2D eigenvalue weighted by Gasteiger charge is -2.18. The molecule has 0 amide bonds. The third-order valence-corrected chi connectivity index (χ3v) is 2.14. The van der Waals surface area contributed by atoms with Crippen LogP contribution in [-0.4, -0.2) is 18.0 Å². The molecule has 0 saturated carbocycles. The van der Waals surface area contributed by atoms with Crippen molar-refractivity contribution in [1.82, 2.24) is 4.90 Å². The highest BCUT2D eigenvalue weighted by atomic mass is 35.5. The van der Waals surface area contributed by atoms with Crippen LogP contribution in [-0.2, 0) is 6.54 Å². The van der Waals surface area contributed by atoms with E-state index in [-0.39, 0.29) is 6.04 Å². The van der Waals surface area contributed by atoms with E-state index in [9.17, 15) is 0 Å². The summed E-state index contributed by atoms with van der Waals surface area (Å²) >= 11 is 5.63. The largest absolute Gasteiger partial charge is 0.448 e. The fourth-order valence-electron chi connectivity index (χ4n) is 0.947. The molecule has 70 valence electrons. The SMILES string of the molecule is C#CC(C)N(C)Cc1ccc(Cl)o1. The van der Waals surface area contributed by atoms with Gasteiger partial charge in [0.2, 0.25) is 0 Å². The third-order valence-electron chi connectivity index (χ3n) is 1.94. The van der Waals surface area contributed by atoms with Crippen molar-refractivity contribution in [3.05, 3.63) is 23.1 Å². The van der Waals surface area contributed by atoms with Crippen LogP contribution in [0.3, 0.4) is 0 Å². The molecular formula is C10H12ClNO. The minimum absolute atomic E-state index is 0.101. The van der Waals surface area contributed by atoms with Crippen molar-refractivity contribution in [1.29, 1.82) is 0 Å². The first-order valence-corrected chi connectivity index (χ1v) is 4.42. The number of nitrogens with zero attached hydrogens (tertiary/aromatic N) is 1. The molecule has 0 radical (unpaired) electrons. The highest BCUT2D eigenvalue weighted by molar-refractivity contribution is 6.28. The molecule has 0 bridgehead atoms. The molecule has 2 nitrogen and oxygen atoms in total. The van der Waals surface area contributed by atoms with Crippen LogP contribution in [0.1, 0.15) is 12.7 Å². The second-order valence-electron chi connectivity index (χ2n) is 2.96. The van der Waals surface area contributed by atoms with Gasteiger partial charge < -0.3 is 4.42 Å². The summed E-state index contributed by atoms with van der Waals surface area (Å²) in [5, 5.41) is 0.414. The molecule has 1 heterocycles. The van der Waals surface area contributed by atoms with Gasteiger partial charge in [-0.25, -0.2) is 0 Å². The van der Waals surface area contributed by atoms with Gasteiger partial charge in [0.15, 0.2) is 5.22 Å². The van der Waals surface area contributed by atoms with Crippen molar-refractivity contribution in [2.45, 2.75) is 19.5 Å². The van der Waals surface area contributed by atoms with Crippen molar-refractivity contribution in [3.63, 3.8) is 0 Å². The Morgan fingerprint density at radius 3 is 2.85 bits per heavy atom. The summed E-state index contributed by atoms with van der Waals surface area (Å²) in [5.74, 6) is 3.47. The maximum Gasteiger partial charge on any atom is 0.193 e. The van der Waals surface area contributed by atoms with E-state index >= 15 is 0 Å². The molecule has 1 aromatic heterocycles. The molecule has 1 aromatic rings. The monoisotopic (exact) mass is 197 g/mol. The van der Waals surface area contributed by atoms with E-state index in [0.717, 1.165) is 5.76 Å². The fraction of sp³-hybridized carbons (Fsp3) is 0.400. The van der Waals surface area contributed by atoms with Crippen LogP contribution >= 0.6 is 11.6 Å². The molecule has 1 unspecified atom stereocenters. The van der Waals surface area contributed by atoms with Crippen molar-refractivity contribution < 1.29 is 4.42 Å². The van der Waals surface area contributed by atoms with E-state index in [4.69, 9.17) is 22.4 Å². The molecule has 0 aliphatic heterocycles. The molecule has 0 aliphatic rings. The molecule has 1 rings (SSSR count). The average Bonchev–Trinajstić information content (AvgIpc) is 2.49. The van der Waals surface area contributed by atoms with E-state index in [1.54, 1.807) is 6.07 Å². The first-order valence-electron chi connectivity index (χ1n) is 4.04. The van der Waals surface area contributed by atoms with Gasteiger partial charge in [-0.15, -0.1) is 6.42 Å². The smallest absolute Gasteiger partial charge is 0.193 e. The van der Waals surface area contributed by atoms with Gasteiger partial charge in [-0.1, -0.05) is 5.92 Å². The number of hydrogen-bond acceptors (Lipinski definition) is 2. The number of furan rings is 1. The second-order valence-corrected chi connectivity index (χ2v) is 3.34. The fourth-order valence-corrected chi connectivity index (χ4v) is 1.11. The quantitative estimate of drug-likeness (QED) is 0.692. The van der Waals surface area contributed by atoms with Crippen LogP contribution < -0.4 is 0 Å². The highest BCUT2D eigenvalue weighted by Gasteiger charge is 2.08. The summed E-state index contributed by atoms with van der Waals surface area (Å²) in [4.78, 5) is 2.01. The van der Waals surface area contributed by atoms with Crippen LogP contribution in [0.5, 0.6) is 0 Å². The molecule has 0 N–H and O–H groups in total. The Morgan fingerprint density at radius 2 is 2.38 bits per heavy atom. The second kappa shape index (κ2) is 4.36.